The summed E-state index contributed by atoms with van der Waals surface area (Å²) in [6, 6.07) is 10.1. The van der Waals surface area contributed by atoms with Crippen LogP contribution in [-0.2, 0) is 10.0 Å². The van der Waals surface area contributed by atoms with Crippen LogP contribution in [0.2, 0.25) is 0 Å². The number of hydrogen-bond acceptors (Lipinski definition) is 8. The van der Waals surface area contributed by atoms with E-state index in [2.05, 4.69) is 25.0 Å². The first kappa shape index (κ1) is 20.0. The maximum atomic E-state index is 12.6. The predicted octanol–water partition coefficient (Wildman–Crippen LogP) is 1.94. The maximum Gasteiger partial charge on any atom is 0.321 e. The van der Waals surface area contributed by atoms with Gasteiger partial charge in [-0.1, -0.05) is 0 Å². The molecule has 2 N–H and O–H groups in total. The van der Waals surface area contributed by atoms with Crippen molar-refractivity contribution in [1.29, 1.82) is 0 Å². The van der Waals surface area contributed by atoms with E-state index in [1.807, 2.05) is 0 Å². The summed E-state index contributed by atoms with van der Waals surface area (Å²) in [5.41, 5.74) is 0.876. The third-order valence-corrected chi connectivity index (χ3v) is 5.05. The number of nitrogens with one attached hydrogen (secondary N) is 2. The highest BCUT2D eigenvalue weighted by molar-refractivity contribution is 7.92. The molecule has 10 nitrogen and oxygen atoms in total. The third kappa shape index (κ3) is 4.96. The molecule has 0 fully saturated rings. The number of benzene rings is 1. The molecule has 0 radical (unpaired) electrons. The topological polar surface area (TPSA) is 132 Å². The van der Waals surface area contributed by atoms with E-state index in [1.54, 1.807) is 12.1 Å². The van der Waals surface area contributed by atoms with Gasteiger partial charge < -0.3 is 14.8 Å². The number of aromatic nitrogens is 3. The van der Waals surface area contributed by atoms with Crippen molar-refractivity contribution in [2.45, 2.75) is 4.90 Å². The van der Waals surface area contributed by atoms with Crippen molar-refractivity contribution < 1.29 is 22.7 Å². The SMILES string of the molecule is COc1cc(NS(=O)(=O)c2ccc(NC(=O)c3ccncc3)cc2)nc(OC)n1. The quantitative estimate of drug-likeness (QED) is 0.598. The fourth-order valence-corrected chi connectivity index (χ4v) is 3.26. The highest BCUT2D eigenvalue weighted by Gasteiger charge is 2.17. The standard InChI is InChI=1S/C18H17N5O5S/c1-27-16-11-15(21-18(22-16)28-2)23-29(25,26)14-5-3-13(4-6-14)20-17(24)12-7-9-19-10-8-12/h3-11H,1-2H3,(H,20,24)(H,21,22,23). The van der Waals surface area contributed by atoms with Crippen LogP contribution in [0.25, 0.3) is 0 Å². The second kappa shape index (κ2) is 8.52. The Balaban J connectivity index is 1.75. The van der Waals surface area contributed by atoms with E-state index in [1.165, 1.54) is 56.9 Å². The molecule has 0 aliphatic heterocycles. The van der Waals surface area contributed by atoms with Crippen molar-refractivity contribution in [2.75, 3.05) is 24.3 Å². The van der Waals surface area contributed by atoms with Crippen LogP contribution >= 0.6 is 0 Å². The Bertz CT molecular complexity index is 1080. The molecule has 150 valence electrons. The third-order valence-electron chi connectivity index (χ3n) is 3.68. The molecule has 0 aliphatic rings. The Kier molecular flexibility index (Phi) is 5.88. The van der Waals surface area contributed by atoms with Crippen molar-refractivity contribution >= 4 is 27.4 Å². The molecule has 1 aromatic carbocycles. The van der Waals surface area contributed by atoms with Crippen LogP contribution in [-0.4, -0.2) is 43.5 Å². The van der Waals surface area contributed by atoms with Crippen molar-refractivity contribution in [3.8, 4) is 11.9 Å². The van der Waals surface area contributed by atoms with Gasteiger partial charge in [0.15, 0.2) is 5.82 Å². The molecule has 0 bridgehead atoms. The molecular formula is C18H17N5O5S. The molecule has 29 heavy (non-hydrogen) atoms. The number of pyridine rings is 1. The zero-order valence-electron chi connectivity index (χ0n) is 15.5. The lowest BCUT2D eigenvalue weighted by atomic mass is 10.2. The number of carbonyl (C=O) groups is 1. The van der Waals surface area contributed by atoms with Gasteiger partial charge in [-0.25, -0.2) is 8.42 Å². The van der Waals surface area contributed by atoms with Crippen LogP contribution in [0.4, 0.5) is 11.5 Å². The van der Waals surface area contributed by atoms with Crippen LogP contribution in [0.1, 0.15) is 10.4 Å². The molecule has 0 saturated carbocycles. The lowest BCUT2D eigenvalue weighted by Gasteiger charge is -2.10. The molecule has 0 saturated heterocycles. The average molecular weight is 415 g/mol. The van der Waals surface area contributed by atoms with Gasteiger partial charge in [0.05, 0.1) is 19.1 Å². The molecular weight excluding hydrogens is 398 g/mol. The zero-order chi connectivity index (χ0) is 20.9. The summed E-state index contributed by atoms with van der Waals surface area (Å²) in [6.45, 7) is 0. The van der Waals surface area contributed by atoms with Gasteiger partial charge in [0.1, 0.15) is 0 Å². The Morgan fingerprint density at radius 2 is 1.66 bits per heavy atom. The van der Waals surface area contributed by atoms with Gasteiger partial charge in [0.25, 0.3) is 15.9 Å². The summed E-state index contributed by atoms with van der Waals surface area (Å²) >= 11 is 0. The largest absolute Gasteiger partial charge is 0.481 e. The summed E-state index contributed by atoms with van der Waals surface area (Å²) < 4.78 is 37.5. The van der Waals surface area contributed by atoms with E-state index in [9.17, 15) is 13.2 Å². The zero-order valence-corrected chi connectivity index (χ0v) is 16.3. The van der Waals surface area contributed by atoms with Gasteiger partial charge in [0, 0.05) is 29.7 Å². The van der Waals surface area contributed by atoms with Gasteiger partial charge in [-0.2, -0.15) is 9.97 Å². The fourth-order valence-electron chi connectivity index (χ4n) is 2.27. The molecule has 0 aliphatic carbocycles. The number of rotatable bonds is 7. The van der Waals surface area contributed by atoms with Gasteiger partial charge in [-0.3, -0.25) is 14.5 Å². The summed E-state index contributed by atoms with van der Waals surface area (Å²) in [5.74, 6) is -0.200. The first-order valence-corrected chi connectivity index (χ1v) is 9.71. The molecule has 2 heterocycles. The lowest BCUT2D eigenvalue weighted by Crippen LogP contribution is -2.15. The van der Waals surface area contributed by atoms with Crippen LogP contribution in [0.3, 0.4) is 0 Å². The molecule has 1 amide bonds. The lowest BCUT2D eigenvalue weighted by molar-refractivity contribution is 0.102. The van der Waals surface area contributed by atoms with Gasteiger partial charge in [-0.05, 0) is 36.4 Å². The number of anilines is 2. The number of hydrogen-bond donors (Lipinski definition) is 2. The van der Waals surface area contributed by atoms with E-state index >= 15 is 0 Å². The highest BCUT2D eigenvalue weighted by Crippen LogP contribution is 2.21. The normalized spacial score (nSPS) is 10.8. The molecule has 3 rings (SSSR count). The first-order valence-electron chi connectivity index (χ1n) is 8.22. The summed E-state index contributed by atoms with van der Waals surface area (Å²) in [5, 5.41) is 2.68. The van der Waals surface area contributed by atoms with Crippen molar-refractivity contribution in [2.24, 2.45) is 0 Å². The minimum absolute atomic E-state index is 0.0104. The second-order valence-electron chi connectivity index (χ2n) is 5.60. The second-order valence-corrected chi connectivity index (χ2v) is 7.28. The minimum Gasteiger partial charge on any atom is -0.481 e. The Hall–Kier alpha value is -3.73. The van der Waals surface area contributed by atoms with Crippen LogP contribution < -0.4 is 19.5 Å². The van der Waals surface area contributed by atoms with Crippen LogP contribution in [0.15, 0.2) is 59.8 Å². The Morgan fingerprint density at radius 1 is 0.966 bits per heavy atom. The highest BCUT2D eigenvalue weighted by atomic mass is 32.2. The number of carbonyl (C=O) groups excluding carboxylic acids is 1. The van der Waals surface area contributed by atoms with Crippen molar-refractivity contribution in [3.63, 3.8) is 0 Å². The monoisotopic (exact) mass is 415 g/mol. The molecule has 2 aromatic heterocycles. The fraction of sp³-hybridized carbons (Fsp3) is 0.111. The smallest absolute Gasteiger partial charge is 0.321 e. The number of amides is 1. The summed E-state index contributed by atoms with van der Waals surface area (Å²) in [4.78, 5) is 23.8. The maximum absolute atomic E-state index is 12.6. The first-order chi connectivity index (χ1) is 13.9. The van der Waals surface area contributed by atoms with Crippen molar-refractivity contribution in [1.82, 2.24) is 15.0 Å². The van der Waals surface area contributed by atoms with E-state index in [-0.39, 0.29) is 28.5 Å². The average Bonchev–Trinajstić information content (AvgIpc) is 2.74. The minimum atomic E-state index is -3.93. The number of methoxy groups -OCH3 is 2. The molecule has 0 atom stereocenters. The Labute approximate surface area is 167 Å². The van der Waals surface area contributed by atoms with Crippen LogP contribution in [0.5, 0.6) is 11.9 Å². The number of ether oxygens (including phenoxy) is 2. The van der Waals surface area contributed by atoms with E-state index < -0.39 is 10.0 Å². The summed E-state index contributed by atoms with van der Waals surface area (Å²) in [6.07, 6.45) is 3.01. The van der Waals surface area contributed by atoms with Gasteiger partial charge in [0.2, 0.25) is 5.88 Å². The molecule has 3 aromatic rings. The van der Waals surface area contributed by atoms with Gasteiger partial charge in [-0.15, -0.1) is 0 Å². The molecule has 0 spiro atoms. The van der Waals surface area contributed by atoms with Gasteiger partial charge >= 0.3 is 6.01 Å². The summed E-state index contributed by atoms with van der Waals surface area (Å²) in [7, 11) is -1.19. The van der Waals surface area contributed by atoms with E-state index in [0.717, 1.165) is 0 Å². The molecule has 0 unspecified atom stereocenters. The molecule has 11 heteroatoms. The van der Waals surface area contributed by atoms with Crippen LogP contribution in [0, 0.1) is 0 Å². The van der Waals surface area contributed by atoms with Crippen molar-refractivity contribution in [3.05, 3.63) is 60.4 Å². The predicted molar refractivity (Wildman–Crippen MR) is 105 cm³/mol. The number of nitrogens with zero attached hydrogens (tertiary/aromatic N) is 3. The Morgan fingerprint density at radius 3 is 2.28 bits per heavy atom. The van der Waals surface area contributed by atoms with E-state index in [4.69, 9.17) is 9.47 Å². The number of sulfonamides is 1. The van der Waals surface area contributed by atoms with E-state index in [0.29, 0.717) is 11.3 Å².